The van der Waals surface area contributed by atoms with E-state index in [1.54, 1.807) is 0 Å². The van der Waals surface area contributed by atoms with E-state index < -0.39 is 0 Å². The Morgan fingerprint density at radius 2 is 2.09 bits per heavy atom. The molecule has 0 aromatic heterocycles. The molecule has 1 aromatic carbocycles. The number of carbonyl (C=O) groups excluding carboxylic acids is 1. The maximum atomic E-state index is 12.6. The predicted octanol–water partition coefficient (Wildman–Crippen LogP) is 1.15. The maximum Gasteiger partial charge on any atom is 0.253 e. The molecule has 0 saturated carbocycles. The van der Waals surface area contributed by atoms with Gasteiger partial charge < -0.3 is 14.7 Å². The second-order valence-corrected chi connectivity index (χ2v) is 5.69. The summed E-state index contributed by atoms with van der Waals surface area (Å²) in [7, 11) is 0. The number of hydrogen-bond acceptors (Lipinski definition) is 4. The van der Waals surface area contributed by atoms with Crippen LogP contribution in [-0.2, 0) is 4.74 Å². The maximum absolute atomic E-state index is 12.6. The smallest absolute Gasteiger partial charge is 0.253 e. The van der Waals surface area contributed by atoms with Crippen LogP contribution in [0.15, 0.2) is 24.3 Å². The normalized spacial score (nSPS) is 16.5. The highest BCUT2D eigenvalue weighted by molar-refractivity contribution is 5.94. The van der Waals surface area contributed by atoms with Crippen molar-refractivity contribution in [2.24, 2.45) is 0 Å². The molecular weight excluding hydrogens is 280 g/mol. The number of amides is 1. The van der Waals surface area contributed by atoms with E-state index >= 15 is 0 Å². The quantitative estimate of drug-likeness (QED) is 0.801. The zero-order chi connectivity index (χ0) is 15.8. The highest BCUT2D eigenvalue weighted by atomic mass is 16.5. The first-order valence-electron chi connectivity index (χ1n) is 7.97. The number of aliphatic hydroxyl groups is 1. The third-order valence-electron chi connectivity index (χ3n) is 3.93. The Bertz CT molecular complexity index is 479. The van der Waals surface area contributed by atoms with Crippen LogP contribution >= 0.6 is 0 Å². The Hall–Kier alpha value is -1.43. The van der Waals surface area contributed by atoms with Gasteiger partial charge in [0, 0.05) is 31.7 Å². The zero-order valence-corrected chi connectivity index (χ0v) is 13.3. The molecule has 0 radical (unpaired) electrons. The van der Waals surface area contributed by atoms with E-state index in [4.69, 9.17) is 9.84 Å². The van der Waals surface area contributed by atoms with Crippen molar-refractivity contribution in [3.8, 4) is 0 Å². The molecule has 0 bridgehead atoms. The third-order valence-corrected chi connectivity index (χ3v) is 3.93. The van der Waals surface area contributed by atoms with Crippen molar-refractivity contribution in [3.63, 3.8) is 0 Å². The van der Waals surface area contributed by atoms with E-state index in [9.17, 15) is 4.79 Å². The lowest BCUT2D eigenvalue weighted by Gasteiger charge is -2.22. The number of nitrogens with zero attached hydrogens (tertiary/aromatic N) is 2. The van der Waals surface area contributed by atoms with Crippen LogP contribution in [-0.4, -0.2) is 73.4 Å². The van der Waals surface area contributed by atoms with Crippen molar-refractivity contribution in [1.82, 2.24) is 9.80 Å². The zero-order valence-electron chi connectivity index (χ0n) is 13.3. The van der Waals surface area contributed by atoms with Gasteiger partial charge in [0.2, 0.25) is 0 Å². The van der Waals surface area contributed by atoms with E-state index in [1.165, 1.54) is 0 Å². The summed E-state index contributed by atoms with van der Waals surface area (Å²) in [4.78, 5) is 16.8. The van der Waals surface area contributed by atoms with Crippen LogP contribution in [0, 0.1) is 6.92 Å². The van der Waals surface area contributed by atoms with Gasteiger partial charge in [0.25, 0.3) is 5.91 Å². The minimum Gasteiger partial charge on any atom is -0.394 e. The molecule has 1 saturated heterocycles. The van der Waals surface area contributed by atoms with Gasteiger partial charge in [0.15, 0.2) is 0 Å². The summed E-state index contributed by atoms with van der Waals surface area (Å²) in [6.07, 6.45) is 0.984. The average molecular weight is 306 g/mol. The van der Waals surface area contributed by atoms with Crippen molar-refractivity contribution in [2.45, 2.75) is 13.3 Å². The number of hydrogen-bond donors (Lipinski definition) is 1. The Balaban J connectivity index is 1.83. The number of aliphatic hydroxyl groups excluding tert-OH is 1. The Morgan fingerprint density at radius 1 is 1.23 bits per heavy atom. The van der Waals surface area contributed by atoms with Gasteiger partial charge in [-0.3, -0.25) is 9.69 Å². The molecule has 1 aliphatic heterocycles. The van der Waals surface area contributed by atoms with Gasteiger partial charge in [0.1, 0.15) is 0 Å². The van der Waals surface area contributed by atoms with Crippen LogP contribution in [0.1, 0.15) is 22.3 Å². The van der Waals surface area contributed by atoms with E-state index in [0.717, 1.165) is 50.3 Å². The second kappa shape index (κ2) is 8.88. The lowest BCUT2D eigenvalue weighted by atomic mass is 10.1. The van der Waals surface area contributed by atoms with Crippen molar-refractivity contribution in [2.75, 3.05) is 52.5 Å². The molecule has 0 aliphatic carbocycles. The highest BCUT2D eigenvalue weighted by Gasteiger charge is 2.20. The van der Waals surface area contributed by atoms with Crippen LogP contribution < -0.4 is 0 Å². The summed E-state index contributed by atoms with van der Waals surface area (Å²) in [5, 5.41) is 8.69. The molecule has 2 rings (SSSR count). The molecule has 1 aromatic rings. The molecule has 1 N–H and O–H groups in total. The second-order valence-electron chi connectivity index (χ2n) is 5.69. The lowest BCUT2D eigenvalue weighted by molar-refractivity contribution is 0.0711. The van der Waals surface area contributed by atoms with Crippen LogP contribution in [0.4, 0.5) is 0 Å². The van der Waals surface area contributed by atoms with Gasteiger partial charge in [-0.2, -0.15) is 0 Å². The van der Waals surface area contributed by atoms with Crippen molar-refractivity contribution < 1.29 is 14.6 Å². The molecule has 1 fully saturated rings. The van der Waals surface area contributed by atoms with Gasteiger partial charge in [0.05, 0.1) is 19.8 Å². The van der Waals surface area contributed by atoms with E-state index in [-0.39, 0.29) is 12.5 Å². The van der Waals surface area contributed by atoms with Gasteiger partial charge in [-0.25, -0.2) is 0 Å². The molecule has 0 atom stereocenters. The molecule has 1 heterocycles. The van der Waals surface area contributed by atoms with Crippen molar-refractivity contribution >= 4 is 5.91 Å². The minimum atomic E-state index is 0.0682. The molecule has 0 spiro atoms. The molecule has 1 amide bonds. The monoisotopic (exact) mass is 306 g/mol. The standard InChI is InChI=1S/C17H26N2O3/c1-15-4-2-5-16(14-15)17(21)19-7-3-6-18(8-9-19)10-12-22-13-11-20/h2,4-5,14,20H,3,6-13H2,1H3. The summed E-state index contributed by atoms with van der Waals surface area (Å²) >= 11 is 0. The van der Waals surface area contributed by atoms with Crippen LogP contribution in [0.5, 0.6) is 0 Å². The molecular formula is C17H26N2O3. The van der Waals surface area contributed by atoms with Gasteiger partial charge in [-0.15, -0.1) is 0 Å². The minimum absolute atomic E-state index is 0.0682. The summed E-state index contributed by atoms with van der Waals surface area (Å²) in [5.41, 5.74) is 1.89. The first-order valence-corrected chi connectivity index (χ1v) is 7.97. The van der Waals surface area contributed by atoms with Crippen LogP contribution in [0.25, 0.3) is 0 Å². The largest absolute Gasteiger partial charge is 0.394 e. The molecule has 5 nitrogen and oxygen atoms in total. The van der Waals surface area contributed by atoms with E-state index in [2.05, 4.69) is 4.90 Å². The fraction of sp³-hybridized carbons (Fsp3) is 0.588. The topological polar surface area (TPSA) is 53.0 Å². The number of carbonyl (C=O) groups is 1. The fourth-order valence-electron chi connectivity index (χ4n) is 2.72. The SMILES string of the molecule is Cc1cccc(C(=O)N2CCCN(CCOCCO)CC2)c1. The van der Waals surface area contributed by atoms with E-state index in [0.29, 0.717) is 13.2 Å². The summed E-state index contributed by atoms with van der Waals surface area (Å²) in [5.74, 6) is 0.127. The first kappa shape index (κ1) is 16.9. The first-order chi connectivity index (χ1) is 10.7. The third kappa shape index (κ3) is 5.09. The van der Waals surface area contributed by atoms with Crippen LogP contribution in [0.2, 0.25) is 0 Å². The predicted molar refractivity (Wildman–Crippen MR) is 86.0 cm³/mol. The number of rotatable bonds is 6. The lowest BCUT2D eigenvalue weighted by Crippen LogP contribution is -2.36. The highest BCUT2D eigenvalue weighted by Crippen LogP contribution is 2.11. The Kier molecular flexibility index (Phi) is 6.83. The average Bonchev–Trinajstić information content (AvgIpc) is 2.76. The summed E-state index contributed by atoms with van der Waals surface area (Å²) < 4.78 is 5.31. The fourth-order valence-corrected chi connectivity index (χ4v) is 2.72. The van der Waals surface area contributed by atoms with Crippen molar-refractivity contribution in [1.29, 1.82) is 0 Å². The van der Waals surface area contributed by atoms with E-state index in [1.807, 2.05) is 36.1 Å². The molecule has 22 heavy (non-hydrogen) atoms. The van der Waals surface area contributed by atoms with Crippen molar-refractivity contribution in [3.05, 3.63) is 35.4 Å². The van der Waals surface area contributed by atoms with Gasteiger partial charge >= 0.3 is 0 Å². The molecule has 122 valence electrons. The number of benzene rings is 1. The molecule has 1 aliphatic rings. The summed E-state index contributed by atoms with van der Waals surface area (Å²) in [6.45, 7) is 7.38. The number of ether oxygens (including phenoxy) is 1. The number of aryl methyl sites for hydroxylation is 1. The van der Waals surface area contributed by atoms with Gasteiger partial charge in [-0.05, 0) is 32.0 Å². The summed E-state index contributed by atoms with van der Waals surface area (Å²) in [6, 6.07) is 7.78. The Morgan fingerprint density at radius 3 is 2.86 bits per heavy atom. The Labute approximate surface area is 132 Å². The van der Waals surface area contributed by atoms with Crippen LogP contribution in [0.3, 0.4) is 0 Å². The molecule has 5 heteroatoms. The van der Waals surface area contributed by atoms with Gasteiger partial charge in [-0.1, -0.05) is 17.7 Å². The molecule has 0 unspecified atom stereocenters.